The van der Waals surface area contributed by atoms with Crippen LogP contribution in [0.3, 0.4) is 0 Å². The molecule has 0 radical (unpaired) electrons. The molecular formula is C60H53N3OSi. The van der Waals surface area contributed by atoms with Gasteiger partial charge in [0.2, 0.25) is 0 Å². The highest BCUT2D eigenvalue weighted by molar-refractivity contribution is 7.20. The molecule has 0 bridgehead atoms. The molecule has 0 aliphatic rings. The van der Waals surface area contributed by atoms with Crippen LogP contribution in [-0.2, 0) is 11.0 Å². The molecule has 0 saturated heterocycles. The maximum absolute atomic E-state index is 11.6. The molecule has 10 aromatic rings. The number of nitrogens with zero attached hydrogens (tertiary/aromatic N) is 3. The zero-order valence-corrected chi connectivity index (χ0v) is 38.9. The van der Waals surface area contributed by atoms with Gasteiger partial charge in [0.25, 0.3) is 0 Å². The summed E-state index contributed by atoms with van der Waals surface area (Å²) in [7, 11) is -2.88. The van der Waals surface area contributed by atoms with E-state index < -0.39 is 13.6 Å². The highest BCUT2D eigenvalue weighted by Gasteiger charge is 2.42. The average Bonchev–Trinajstić information content (AvgIpc) is 3.74. The molecule has 0 atom stereocenters. The summed E-state index contributed by atoms with van der Waals surface area (Å²) >= 11 is 0. The van der Waals surface area contributed by atoms with Gasteiger partial charge in [-0.2, -0.15) is 0 Å². The molecule has 0 saturated carbocycles. The van der Waals surface area contributed by atoms with Crippen molar-refractivity contribution in [3.63, 3.8) is 0 Å². The van der Waals surface area contributed by atoms with E-state index in [4.69, 9.17) is 9.97 Å². The van der Waals surface area contributed by atoms with Crippen LogP contribution in [0.25, 0.3) is 55.6 Å². The molecule has 65 heavy (non-hydrogen) atoms. The summed E-state index contributed by atoms with van der Waals surface area (Å²) in [6, 6.07) is 72.2. The van der Waals surface area contributed by atoms with E-state index in [1.807, 2.05) is 18.3 Å². The van der Waals surface area contributed by atoms with Crippen LogP contribution in [0.1, 0.15) is 51.3 Å². The van der Waals surface area contributed by atoms with Gasteiger partial charge in [-0.1, -0.05) is 191 Å². The molecule has 0 amide bonds. The number of pyridine rings is 1. The molecule has 8 aromatic carbocycles. The van der Waals surface area contributed by atoms with Gasteiger partial charge in [-0.25, -0.2) is 4.98 Å². The fraction of sp³-hybridized carbons (Fsp3) is 0.133. The molecular weight excluding hydrogens is 807 g/mol. The van der Waals surface area contributed by atoms with Gasteiger partial charge in [0, 0.05) is 22.7 Å². The molecule has 0 aliphatic heterocycles. The smallest absolute Gasteiger partial charge is 0.179 e. The predicted molar refractivity (Wildman–Crippen MR) is 275 cm³/mol. The fourth-order valence-corrected chi connectivity index (χ4v) is 14.8. The minimum atomic E-state index is -2.88. The lowest BCUT2D eigenvalue weighted by atomic mass is 9.86. The second-order valence-corrected chi connectivity index (χ2v) is 22.6. The fourth-order valence-electron chi connectivity index (χ4n) is 9.98. The third-order valence-electron chi connectivity index (χ3n) is 13.4. The first kappa shape index (κ1) is 41.7. The maximum atomic E-state index is 11.6. The molecule has 0 aliphatic carbocycles. The number of hydrogen-bond donors (Lipinski definition) is 1. The molecule has 0 spiro atoms. The van der Waals surface area contributed by atoms with Crippen LogP contribution in [0, 0.1) is 6.92 Å². The largest absolute Gasteiger partial charge is 0.507 e. The topological polar surface area (TPSA) is 50.9 Å². The van der Waals surface area contributed by atoms with Crippen LogP contribution < -0.4 is 20.7 Å². The Morgan fingerprint density at radius 1 is 0.477 bits per heavy atom. The predicted octanol–water partition coefficient (Wildman–Crippen LogP) is 12.1. The monoisotopic (exact) mass is 859 g/mol. The minimum absolute atomic E-state index is 0.125. The minimum Gasteiger partial charge on any atom is -0.507 e. The summed E-state index contributed by atoms with van der Waals surface area (Å²) in [5.41, 5.74) is 10.6. The first-order valence-electron chi connectivity index (χ1n) is 22.5. The summed E-state index contributed by atoms with van der Waals surface area (Å²) in [6.07, 6.45) is 1.94. The van der Waals surface area contributed by atoms with Crippen molar-refractivity contribution in [2.45, 2.75) is 52.5 Å². The summed E-state index contributed by atoms with van der Waals surface area (Å²) < 4.78 is 2.32. The summed E-state index contributed by atoms with van der Waals surface area (Å²) in [5, 5.41) is 18.1. The number of benzene rings is 8. The number of rotatable bonds is 9. The molecule has 2 aromatic heterocycles. The van der Waals surface area contributed by atoms with E-state index in [1.54, 1.807) is 0 Å². The van der Waals surface area contributed by atoms with Crippen molar-refractivity contribution in [3.05, 3.63) is 223 Å². The van der Waals surface area contributed by atoms with Crippen LogP contribution in [0.5, 0.6) is 5.75 Å². The number of aryl methyl sites for hydroxylation is 1. The van der Waals surface area contributed by atoms with Crippen LogP contribution in [0.2, 0.25) is 0 Å². The van der Waals surface area contributed by atoms with Crippen LogP contribution in [0.15, 0.2) is 206 Å². The summed E-state index contributed by atoms with van der Waals surface area (Å²) in [6.45, 7) is 13.3. The van der Waals surface area contributed by atoms with E-state index in [0.717, 1.165) is 61.1 Å². The summed E-state index contributed by atoms with van der Waals surface area (Å²) in [5.74, 6) is 0.932. The number of imidazole rings is 1. The van der Waals surface area contributed by atoms with Crippen LogP contribution in [-0.4, -0.2) is 27.7 Å². The Morgan fingerprint density at radius 2 is 1.05 bits per heavy atom. The van der Waals surface area contributed by atoms with Crippen molar-refractivity contribution in [2.24, 2.45) is 0 Å². The van der Waals surface area contributed by atoms with Gasteiger partial charge in [0.15, 0.2) is 8.07 Å². The second kappa shape index (κ2) is 16.3. The van der Waals surface area contributed by atoms with E-state index in [1.165, 1.54) is 26.3 Å². The lowest BCUT2D eigenvalue weighted by Crippen LogP contribution is -2.74. The van der Waals surface area contributed by atoms with E-state index in [2.05, 4.69) is 234 Å². The Bertz CT molecular complexity index is 3240. The third kappa shape index (κ3) is 7.17. The molecule has 0 unspecified atom stereocenters. The molecule has 10 rings (SSSR count). The normalized spacial score (nSPS) is 12.2. The van der Waals surface area contributed by atoms with Crippen molar-refractivity contribution in [3.8, 4) is 39.4 Å². The van der Waals surface area contributed by atoms with Crippen LogP contribution >= 0.6 is 0 Å². The zero-order chi connectivity index (χ0) is 44.9. The van der Waals surface area contributed by atoms with Gasteiger partial charge in [0.05, 0.1) is 27.7 Å². The molecule has 5 heteroatoms. The van der Waals surface area contributed by atoms with Crippen molar-refractivity contribution < 1.29 is 5.11 Å². The average molecular weight is 860 g/mol. The van der Waals surface area contributed by atoms with Crippen molar-refractivity contribution in [1.82, 2.24) is 14.5 Å². The van der Waals surface area contributed by atoms with E-state index in [0.29, 0.717) is 5.56 Å². The number of para-hydroxylation sites is 1. The Labute approximate surface area is 383 Å². The SMILES string of the molecule is Cc1ccnc2c(-c3cccc(-c4cccc5c4nc(-c4cc(C(C)(C)C)ccc4O)n5C(C)(C)c4ccccc4)c3)cc([Si](c3ccccc3)(c3ccccc3)c3ccccc3)cc12. The lowest BCUT2D eigenvalue weighted by Gasteiger charge is -2.35. The van der Waals surface area contributed by atoms with Gasteiger partial charge >= 0.3 is 0 Å². The Kier molecular flexibility index (Phi) is 10.5. The van der Waals surface area contributed by atoms with Crippen molar-refractivity contribution in [1.29, 1.82) is 0 Å². The van der Waals surface area contributed by atoms with Gasteiger partial charge in [0.1, 0.15) is 11.6 Å². The number of hydrogen-bond acceptors (Lipinski definition) is 3. The van der Waals surface area contributed by atoms with E-state index in [-0.39, 0.29) is 11.2 Å². The van der Waals surface area contributed by atoms with E-state index >= 15 is 0 Å². The summed E-state index contributed by atoms with van der Waals surface area (Å²) in [4.78, 5) is 10.7. The third-order valence-corrected chi connectivity index (χ3v) is 18.2. The number of aromatic hydroxyl groups is 1. The number of fused-ring (bicyclic) bond motifs is 2. The highest BCUT2D eigenvalue weighted by Crippen LogP contribution is 2.43. The van der Waals surface area contributed by atoms with E-state index in [9.17, 15) is 5.11 Å². The van der Waals surface area contributed by atoms with Crippen molar-refractivity contribution in [2.75, 3.05) is 0 Å². The molecule has 2 heterocycles. The van der Waals surface area contributed by atoms with Crippen molar-refractivity contribution >= 4 is 50.8 Å². The van der Waals surface area contributed by atoms with Gasteiger partial charge < -0.3 is 9.67 Å². The first-order chi connectivity index (χ1) is 31.5. The first-order valence-corrected chi connectivity index (χ1v) is 24.5. The van der Waals surface area contributed by atoms with Crippen LogP contribution in [0.4, 0.5) is 0 Å². The maximum Gasteiger partial charge on any atom is 0.179 e. The van der Waals surface area contributed by atoms with Gasteiger partial charge in [-0.15, -0.1) is 0 Å². The second-order valence-electron chi connectivity index (χ2n) is 18.8. The zero-order valence-electron chi connectivity index (χ0n) is 37.9. The Morgan fingerprint density at radius 3 is 1.65 bits per heavy atom. The molecule has 318 valence electrons. The lowest BCUT2D eigenvalue weighted by molar-refractivity contribution is 0.448. The number of phenolic OH excluding ortho intramolecular Hbond substituents is 1. The van der Waals surface area contributed by atoms with Gasteiger partial charge in [-0.05, 0) is 105 Å². The standard InChI is InChI=1S/C60H53N3OSi/c1-41-35-36-61-56-51(41)39-49(65(46-25-13-8-14-26-46,47-27-15-9-16-28-47)48-29-17-10-18-30-48)40-52(56)43-22-19-21-42(37-43)50-31-20-32-54-57(50)62-58(53-38-45(59(2,3)4)33-34-55(53)64)63(54)60(5,6)44-23-11-7-12-24-44/h7-40,64H,1-6H3. The number of phenols is 1. The quantitative estimate of drug-likeness (QED) is 0.116. The molecule has 1 N–H and O–H groups in total. The van der Waals surface area contributed by atoms with Gasteiger partial charge in [-0.3, -0.25) is 4.98 Å². The number of aromatic nitrogens is 3. The molecule has 4 nitrogen and oxygen atoms in total. The Balaban J connectivity index is 1.23. The molecule has 0 fully saturated rings. The highest BCUT2D eigenvalue weighted by atomic mass is 28.3. The Hall–Kier alpha value is -7.34.